The van der Waals surface area contributed by atoms with E-state index in [4.69, 9.17) is 0 Å². The minimum atomic E-state index is 0.196. The Balaban J connectivity index is 1.52. The summed E-state index contributed by atoms with van der Waals surface area (Å²) in [6.07, 6.45) is 2.10. The maximum atomic E-state index is 11.4. The summed E-state index contributed by atoms with van der Waals surface area (Å²) in [4.78, 5) is 16.0. The number of carbonyl (C=O) groups excluding carboxylic acids is 1. The molecule has 0 bridgehead atoms. The van der Waals surface area contributed by atoms with Crippen molar-refractivity contribution in [2.24, 2.45) is 5.92 Å². The van der Waals surface area contributed by atoms with Crippen LogP contribution < -0.4 is 10.6 Å². The van der Waals surface area contributed by atoms with Crippen LogP contribution in [0.3, 0.4) is 0 Å². The Hall–Kier alpha value is -1.62. The zero-order valence-corrected chi connectivity index (χ0v) is 11.7. The van der Waals surface area contributed by atoms with E-state index >= 15 is 0 Å². The second-order valence-corrected chi connectivity index (χ2v) is 6.01. The summed E-state index contributed by atoms with van der Waals surface area (Å²) in [6.45, 7) is 3.46. The Morgan fingerprint density at radius 2 is 2.26 bits per heavy atom. The molecule has 1 aliphatic rings. The van der Waals surface area contributed by atoms with Crippen LogP contribution in [0, 0.1) is 12.8 Å². The number of benzene rings is 1. The molecule has 0 radical (unpaired) electrons. The van der Waals surface area contributed by atoms with Crippen LogP contribution in [0.15, 0.2) is 18.2 Å². The first-order chi connectivity index (χ1) is 9.22. The van der Waals surface area contributed by atoms with Crippen molar-refractivity contribution < 1.29 is 4.79 Å². The average molecular weight is 275 g/mol. The second-order valence-electron chi connectivity index (χ2n) is 4.98. The van der Waals surface area contributed by atoms with Gasteiger partial charge in [-0.1, -0.05) is 17.4 Å². The molecule has 2 N–H and O–H groups in total. The Morgan fingerprint density at radius 3 is 3.05 bits per heavy atom. The third-order valence-corrected chi connectivity index (χ3v) is 4.17. The highest BCUT2D eigenvalue weighted by atomic mass is 32.1. The van der Waals surface area contributed by atoms with Gasteiger partial charge in [-0.15, -0.1) is 0 Å². The summed E-state index contributed by atoms with van der Waals surface area (Å²) < 4.78 is 1.20. The van der Waals surface area contributed by atoms with E-state index in [1.807, 2.05) is 6.07 Å². The highest BCUT2D eigenvalue weighted by molar-refractivity contribution is 7.22. The number of aryl methyl sites for hydroxylation is 1. The van der Waals surface area contributed by atoms with Crippen LogP contribution >= 0.6 is 11.3 Å². The Morgan fingerprint density at radius 1 is 1.42 bits per heavy atom. The molecule has 1 aromatic carbocycles. The molecule has 19 heavy (non-hydrogen) atoms. The van der Waals surface area contributed by atoms with E-state index in [9.17, 15) is 4.79 Å². The fourth-order valence-corrected chi connectivity index (χ4v) is 2.94. The first-order valence-corrected chi connectivity index (χ1v) is 7.43. The van der Waals surface area contributed by atoms with Gasteiger partial charge in [0.2, 0.25) is 5.91 Å². The van der Waals surface area contributed by atoms with Gasteiger partial charge in [-0.2, -0.15) is 0 Å². The Bertz CT molecular complexity index is 604. The molecule has 4 nitrogen and oxygen atoms in total. The lowest BCUT2D eigenvalue weighted by Crippen LogP contribution is -2.29. The number of amides is 1. The van der Waals surface area contributed by atoms with Crippen molar-refractivity contribution in [2.75, 3.05) is 18.4 Å². The third kappa shape index (κ3) is 3.04. The van der Waals surface area contributed by atoms with Gasteiger partial charge >= 0.3 is 0 Å². The third-order valence-electron chi connectivity index (χ3n) is 3.19. The normalized spacial score (nSPS) is 14.6. The Labute approximate surface area is 116 Å². The molecular formula is C14H17N3OS. The van der Waals surface area contributed by atoms with Crippen molar-refractivity contribution in [3.8, 4) is 0 Å². The topological polar surface area (TPSA) is 54.0 Å². The largest absolute Gasteiger partial charge is 0.360 e. The monoisotopic (exact) mass is 275 g/mol. The van der Waals surface area contributed by atoms with Gasteiger partial charge in [0.15, 0.2) is 5.13 Å². The minimum Gasteiger partial charge on any atom is -0.360 e. The molecule has 0 atom stereocenters. The van der Waals surface area contributed by atoms with E-state index in [0.717, 1.165) is 30.0 Å². The van der Waals surface area contributed by atoms with Crippen molar-refractivity contribution in [3.63, 3.8) is 0 Å². The molecule has 1 fully saturated rings. The summed E-state index contributed by atoms with van der Waals surface area (Å²) in [6, 6.07) is 6.26. The predicted octanol–water partition coefficient (Wildman–Crippen LogP) is 2.54. The van der Waals surface area contributed by atoms with Gasteiger partial charge in [0.05, 0.1) is 10.2 Å². The molecule has 1 heterocycles. The molecule has 100 valence electrons. The SMILES string of the molecule is Cc1ccc2nc(NCCNC(=O)C3CC3)sc2c1. The highest BCUT2D eigenvalue weighted by Crippen LogP contribution is 2.28. The predicted molar refractivity (Wildman–Crippen MR) is 78.6 cm³/mol. The number of nitrogens with one attached hydrogen (secondary N) is 2. The molecule has 1 amide bonds. The minimum absolute atomic E-state index is 0.196. The van der Waals surface area contributed by atoms with Gasteiger partial charge in [0, 0.05) is 19.0 Å². The molecule has 0 saturated heterocycles. The van der Waals surface area contributed by atoms with Crippen LogP contribution in [0.25, 0.3) is 10.2 Å². The second kappa shape index (κ2) is 5.17. The fraction of sp³-hybridized carbons (Fsp3) is 0.429. The van der Waals surface area contributed by atoms with E-state index < -0.39 is 0 Å². The number of anilines is 1. The van der Waals surface area contributed by atoms with E-state index in [2.05, 4.69) is 34.7 Å². The number of thiazole rings is 1. The average Bonchev–Trinajstić information content (AvgIpc) is 3.16. The first kappa shape index (κ1) is 12.4. The highest BCUT2D eigenvalue weighted by Gasteiger charge is 2.28. The van der Waals surface area contributed by atoms with Gasteiger partial charge in [-0.3, -0.25) is 4.79 Å². The number of aromatic nitrogens is 1. The summed E-state index contributed by atoms with van der Waals surface area (Å²) in [7, 11) is 0. The lowest BCUT2D eigenvalue weighted by Gasteiger charge is -2.04. The standard InChI is InChI=1S/C14H17N3OS/c1-9-2-5-11-12(8-9)19-14(17-11)16-7-6-15-13(18)10-3-4-10/h2,5,8,10H,3-4,6-7H2,1H3,(H,15,18)(H,16,17). The number of hydrogen-bond donors (Lipinski definition) is 2. The molecule has 5 heteroatoms. The maximum Gasteiger partial charge on any atom is 0.223 e. The zero-order valence-electron chi connectivity index (χ0n) is 10.9. The molecule has 0 aliphatic heterocycles. The van der Waals surface area contributed by atoms with Crippen LogP contribution in [0.2, 0.25) is 0 Å². The zero-order chi connectivity index (χ0) is 13.2. The molecule has 1 saturated carbocycles. The van der Waals surface area contributed by atoms with Crippen LogP contribution in [-0.4, -0.2) is 24.0 Å². The number of nitrogens with zero attached hydrogens (tertiary/aromatic N) is 1. The summed E-state index contributed by atoms with van der Waals surface area (Å²) in [5.74, 6) is 0.479. The first-order valence-electron chi connectivity index (χ1n) is 6.61. The lowest BCUT2D eigenvalue weighted by molar-refractivity contribution is -0.122. The molecular weight excluding hydrogens is 258 g/mol. The smallest absolute Gasteiger partial charge is 0.223 e. The maximum absolute atomic E-state index is 11.4. The van der Waals surface area contributed by atoms with Crippen molar-refractivity contribution in [1.29, 1.82) is 0 Å². The number of hydrogen-bond acceptors (Lipinski definition) is 4. The van der Waals surface area contributed by atoms with Gasteiger partial charge in [-0.25, -0.2) is 4.98 Å². The summed E-state index contributed by atoms with van der Waals surface area (Å²) in [5, 5.41) is 7.11. The van der Waals surface area contributed by atoms with Crippen LogP contribution in [0.1, 0.15) is 18.4 Å². The van der Waals surface area contributed by atoms with Crippen molar-refractivity contribution in [2.45, 2.75) is 19.8 Å². The number of carbonyl (C=O) groups is 1. The summed E-state index contributed by atoms with van der Waals surface area (Å²) in [5.41, 5.74) is 2.28. The van der Waals surface area contributed by atoms with E-state index in [1.54, 1.807) is 11.3 Å². The molecule has 2 aromatic rings. The fourth-order valence-electron chi connectivity index (χ4n) is 1.95. The molecule has 0 spiro atoms. The molecule has 0 unspecified atom stereocenters. The Kier molecular flexibility index (Phi) is 3.38. The van der Waals surface area contributed by atoms with E-state index in [1.165, 1.54) is 10.3 Å². The lowest BCUT2D eigenvalue weighted by atomic mass is 10.2. The van der Waals surface area contributed by atoms with Crippen molar-refractivity contribution >= 4 is 32.6 Å². The van der Waals surface area contributed by atoms with Gasteiger partial charge in [0.1, 0.15) is 0 Å². The van der Waals surface area contributed by atoms with E-state index in [0.29, 0.717) is 6.54 Å². The van der Waals surface area contributed by atoms with Gasteiger partial charge in [0.25, 0.3) is 0 Å². The van der Waals surface area contributed by atoms with Crippen molar-refractivity contribution in [1.82, 2.24) is 10.3 Å². The van der Waals surface area contributed by atoms with Crippen LogP contribution in [0.4, 0.5) is 5.13 Å². The van der Waals surface area contributed by atoms with Crippen molar-refractivity contribution in [3.05, 3.63) is 23.8 Å². The van der Waals surface area contributed by atoms with E-state index in [-0.39, 0.29) is 11.8 Å². The van der Waals surface area contributed by atoms with Crippen LogP contribution in [0.5, 0.6) is 0 Å². The molecule has 1 aromatic heterocycles. The quantitative estimate of drug-likeness (QED) is 0.825. The van der Waals surface area contributed by atoms with Gasteiger partial charge in [-0.05, 0) is 37.5 Å². The molecule has 1 aliphatic carbocycles. The summed E-state index contributed by atoms with van der Waals surface area (Å²) >= 11 is 1.65. The molecule has 3 rings (SSSR count). The van der Waals surface area contributed by atoms with Gasteiger partial charge < -0.3 is 10.6 Å². The number of rotatable bonds is 5. The van der Waals surface area contributed by atoms with Crippen LogP contribution in [-0.2, 0) is 4.79 Å². The number of fused-ring (bicyclic) bond motifs is 1.